The number of aryl methyl sites for hydroxylation is 1. The molecule has 8 heteroatoms. The van der Waals surface area contributed by atoms with Crippen LogP contribution in [0.15, 0.2) is 30.5 Å². The van der Waals surface area contributed by atoms with Crippen LogP contribution in [0.25, 0.3) is 0 Å². The lowest BCUT2D eigenvalue weighted by molar-refractivity contribution is -0.384. The highest BCUT2D eigenvalue weighted by Gasteiger charge is 2.19. The Labute approximate surface area is 126 Å². The first-order valence-corrected chi connectivity index (χ1v) is 6.57. The normalized spacial score (nSPS) is 11.8. The summed E-state index contributed by atoms with van der Waals surface area (Å²) < 4.78 is 6.68. The zero-order valence-electron chi connectivity index (χ0n) is 12.4. The summed E-state index contributed by atoms with van der Waals surface area (Å²) in [5.41, 5.74) is 1.12. The van der Waals surface area contributed by atoms with Gasteiger partial charge in [-0.15, -0.1) is 0 Å². The Hall–Kier alpha value is -2.90. The molecule has 0 radical (unpaired) electrons. The van der Waals surface area contributed by atoms with Crippen LogP contribution in [0.5, 0.6) is 5.75 Å². The molecule has 0 spiro atoms. The van der Waals surface area contributed by atoms with Gasteiger partial charge in [0.05, 0.1) is 23.8 Å². The van der Waals surface area contributed by atoms with E-state index in [0.29, 0.717) is 5.69 Å². The third kappa shape index (κ3) is 3.05. The van der Waals surface area contributed by atoms with Crippen molar-refractivity contribution in [2.75, 3.05) is 12.4 Å². The third-order valence-corrected chi connectivity index (χ3v) is 3.27. The van der Waals surface area contributed by atoms with Crippen LogP contribution in [0.2, 0.25) is 0 Å². The van der Waals surface area contributed by atoms with Crippen molar-refractivity contribution in [3.05, 3.63) is 46.3 Å². The molecule has 2 rings (SSSR count). The van der Waals surface area contributed by atoms with Crippen LogP contribution < -0.4 is 10.1 Å². The molecule has 0 fully saturated rings. The molecule has 1 aromatic carbocycles. The smallest absolute Gasteiger partial charge is 0.273 e. The number of benzene rings is 1. The molecule has 0 saturated heterocycles. The number of carbonyl (C=O) groups excluding carboxylic acids is 1. The van der Waals surface area contributed by atoms with E-state index in [0.717, 1.165) is 5.69 Å². The van der Waals surface area contributed by atoms with Crippen LogP contribution in [0, 0.1) is 17.0 Å². The van der Waals surface area contributed by atoms with Crippen molar-refractivity contribution in [2.24, 2.45) is 0 Å². The molecule has 1 aromatic heterocycles. The van der Waals surface area contributed by atoms with E-state index in [4.69, 9.17) is 4.74 Å². The van der Waals surface area contributed by atoms with E-state index < -0.39 is 11.0 Å². The number of amides is 1. The van der Waals surface area contributed by atoms with Gasteiger partial charge in [-0.05, 0) is 26.0 Å². The van der Waals surface area contributed by atoms with Gasteiger partial charge in [0.1, 0.15) is 11.8 Å². The lowest BCUT2D eigenvalue weighted by Gasteiger charge is -2.16. The van der Waals surface area contributed by atoms with Gasteiger partial charge < -0.3 is 10.1 Å². The van der Waals surface area contributed by atoms with E-state index in [-0.39, 0.29) is 17.3 Å². The van der Waals surface area contributed by atoms with Crippen LogP contribution in [0.3, 0.4) is 0 Å². The van der Waals surface area contributed by atoms with Gasteiger partial charge in [0.2, 0.25) is 5.91 Å². The van der Waals surface area contributed by atoms with Crippen LogP contribution in [-0.4, -0.2) is 27.7 Å². The standard InChI is InChI=1S/C14H16N4O4/c1-9-6-7-15-17(9)10(2)14(19)16-12-5-4-11(18(20)21)8-13(12)22-3/h4-8,10H,1-3H3,(H,16,19). The Morgan fingerprint density at radius 3 is 2.73 bits per heavy atom. The number of hydrogen-bond acceptors (Lipinski definition) is 5. The fourth-order valence-corrected chi connectivity index (χ4v) is 2.03. The van der Waals surface area contributed by atoms with E-state index in [9.17, 15) is 14.9 Å². The topological polar surface area (TPSA) is 99.3 Å². The van der Waals surface area contributed by atoms with E-state index in [2.05, 4.69) is 10.4 Å². The zero-order valence-corrected chi connectivity index (χ0v) is 12.4. The molecule has 0 bridgehead atoms. The number of carbonyl (C=O) groups is 1. The molecule has 1 atom stereocenters. The average molecular weight is 304 g/mol. The van der Waals surface area contributed by atoms with E-state index in [1.54, 1.807) is 23.9 Å². The molecule has 0 aliphatic rings. The Morgan fingerprint density at radius 2 is 2.18 bits per heavy atom. The quantitative estimate of drug-likeness (QED) is 0.675. The molecule has 116 valence electrons. The van der Waals surface area contributed by atoms with E-state index >= 15 is 0 Å². The van der Waals surface area contributed by atoms with Gasteiger partial charge in [-0.25, -0.2) is 0 Å². The highest BCUT2D eigenvalue weighted by Crippen LogP contribution is 2.29. The first kappa shape index (κ1) is 15.5. The Bertz CT molecular complexity index is 711. The Kier molecular flexibility index (Phi) is 4.40. The van der Waals surface area contributed by atoms with Crippen molar-refractivity contribution >= 4 is 17.3 Å². The minimum atomic E-state index is -0.524. The van der Waals surface area contributed by atoms with Crippen LogP contribution >= 0.6 is 0 Å². The summed E-state index contributed by atoms with van der Waals surface area (Å²) in [6.45, 7) is 3.57. The number of methoxy groups -OCH3 is 1. The van der Waals surface area contributed by atoms with Crippen molar-refractivity contribution in [2.45, 2.75) is 19.9 Å². The maximum atomic E-state index is 12.3. The minimum Gasteiger partial charge on any atom is -0.494 e. The maximum absolute atomic E-state index is 12.3. The summed E-state index contributed by atoms with van der Waals surface area (Å²) in [5, 5.41) is 17.5. The van der Waals surface area contributed by atoms with Gasteiger partial charge in [-0.1, -0.05) is 0 Å². The van der Waals surface area contributed by atoms with Gasteiger partial charge in [0.25, 0.3) is 5.69 Å². The van der Waals surface area contributed by atoms with Crippen molar-refractivity contribution < 1.29 is 14.5 Å². The minimum absolute atomic E-state index is 0.106. The van der Waals surface area contributed by atoms with E-state index in [1.807, 2.05) is 6.92 Å². The number of aromatic nitrogens is 2. The summed E-state index contributed by atoms with van der Waals surface area (Å²) in [6.07, 6.45) is 1.62. The molecule has 1 N–H and O–H groups in total. The number of rotatable bonds is 5. The van der Waals surface area contributed by atoms with Crippen LogP contribution in [0.4, 0.5) is 11.4 Å². The molecule has 0 aliphatic heterocycles. The monoisotopic (exact) mass is 304 g/mol. The second-order valence-electron chi connectivity index (χ2n) is 4.72. The Morgan fingerprint density at radius 1 is 1.45 bits per heavy atom. The summed E-state index contributed by atoms with van der Waals surface area (Å²) in [7, 11) is 1.38. The fraction of sp³-hybridized carbons (Fsp3) is 0.286. The summed E-state index contributed by atoms with van der Waals surface area (Å²) >= 11 is 0. The number of nitro groups is 1. The molecule has 0 aliphatic carbocycles. The second kappa shape index (κ2) is 6.25. The van der Waals surface area contributed by atoms with Crippen molar-refractivity contribution in [1.29, 1.82) is 0 Å². The van der Waals surface area contributed by atoms with Gasteiger partial charge in [-0.3, -0.25) is 19.6 Å². The molecular formula is C14H16N4O4. The molecule has 22 heavy (non-hydrogen) atoms. The van der Waals surface area contributed by atoms with Crippen molar-refractivity contribution in [3.8, 4) is 5.75 Å². The number of non-ortho nitro benzene ring substituents is 1. The van der Waals surface area contributed by atoms with Crippen molar-refractivity contribution in [1.82, 2.24) is 9.78 Å². The largest absolute Gasteiger partial charge is 0.494 e. The molecule has 1 heterocycles. The molecule has 2 aromatic rings. The van der Waals surface area contributed by atoms with Gasteiger partial charge in [0, 0.05) is 18.0 Å². The molecule has 1 unspecified atom stereocenters. The van der Waals surface area contributed by atoms with Gasteiger partial charge >= 0.3 is 0 Å². The number of nitrogens with zero attached hydrogens (tertiary/aromatic N) is 3. The summed E-state index contributed by atoms with van der Waals surface area (Å²) in [5.74, 6) is -0.0640. The number of nitro benzene ring substituents is 1. The zero-order chi connectivity index (χ0) is 16.3. The maximum Gasteiger partial charge on any atom is 0.273 e. The summed E-state index contributed by atoms with van der Waals surface area (Å²) in [4.78, 5) is 22.5. The van der Waals surface area contributed by atoms with Gasteiger partial charge in [0.15, 0.2) is 0 Å². The van der Waals surface area contributed by atoms with Gasteiger partial charge in [-0.2, -0.15) is 5.10 Å². The number of nitrogens with one attached hydrogen (secondary N) is 1. The molecule has 8 nitrogen and oxygen atoms in total. The highest BCUT2D eigenvalue weighted by molar-refractivity contribution is 5.95. The van der Waals surface area contributed by atoms with Crippen LogP contribution in [0.1, 0.15) is 18.7 Å². The third-order valence-electron chi connectivity index (χ3n) is 3.27. The predicted molar refractivity (Wildman–Crippen MR) is 80.0 cm³/mol. The number of anilines is 1. The first-order chi connectivity index (χ1) is 10.4. The summed E-state index contributed by atoms with van der Waals surface area (Å²) in [6, 6.07) is 5.30. The van der Waals surface area contributed by atoms with Crippen molar-refractivity contribution in [3.63, 3.8) is 0 Å². The molecule has 0 saturated carbocycles. The number of ether oxygens (including phenoxy) is 1. The van der Waals surface area contributed by atoms with Crippen LogP contribution in [-0.2, 0) is 4.79 Å². The SMILES string of the molecule is COc1cc([N+](=O)[O-])ccc1NC(=O)C(C)n1nccc1C. The predicted octanol–water partition coefficient (Wildman–Crippen LogP) is 2.31. The lowest BCUT2D eigenvalue weighted by atomic mass is 10.2. The fourth-order valence-electron chi connectivity index (χ4n) is 2.03. The average Bonchev–Trinajstić information content (AvgIpc) is 2.92. The molecular weight excluding hydrogens is 288 g/mol. The first-order valence-electron chi connectivity index (χ1n) is 6.57. The Balaban J connectivity index is 2.21. The lowest BCUT2D eigenvalue weighted by Crippen LogP contribution is -2.25. The van der Waals surface area contributed by atoms with E-state index in [1.165, 1.54) is 25.3 Å². The molecule has 1 amide bonds. The number of hydrogen-bond donors (Lipinski definition) is 1. The highest BCUT2D eigenvalue weighted by atomic mass is 16.6. The second-order valence-corrected chi connectivity index (χ2v) is 4.72.